The van der Waals surface area contributed by atoms with E-state index in [1.165, 1.54) is 6.26 Å². The molecule has 0 aliphatic carbocycles. The standard InChI is InChI=1S/C29H31N7O3S/c1-3-36-19-26(24-13-14-31-28-25(24)17-23(32-28)18-30-15-16-40(2,38)39)27(35-36)20-9-11-22(12-10-20)34-29(37)33-21-7-5-4-6-8-21/h4-14,17,19,30H,3,15-16,18H2,1-2H3,(H,31,32)(H2,33,34,37). The summed E-state index contributed by atoms with van der Waals surface area (Å²) in [5.41, 5.74) is 6.73. The van der Waals surface area contributed by atoms with Crippen molar-refractivity contribution < 1.29 is 13.2 Å². The van der Waals surface area contributed by atoms with Gasteiger partial charge < -0.3 is 20.9 Å². The first-order valence-corrected chi connectivity index (χ1v) is 15.0. The fourth-order valence-corrected chi connectivity index (χ4v) is 4.93. The number of aromatic nitrogens is 4. The fraction of sp³-hybridized carbons (Fsp3) is 0.207. The number of hydrogen-bond acceptors (Lipinski definition) is 6. The van der Waals surface area contributed by atoms with E-state index >= 15 is 0 Å². The van der Waals surface area contributed by atoms with Gasteiger partial charge in [0.05, 0.1) is 5.75 Å². The number of nitrogens with one attached hydrogen (secondary N) is 4. The molecule has 40 heavy (non-hydrogen) atoms. The SMILES string of the molecule is CCn1cc(-c2ccnc3[nH]c(CNCCS(C)(=O)=O)cc23)c(-c2ccc(NC(=O)Nc3ccccc3)cc2)n1. The molecule has 0 aliphatic heterocycles. The number of urea groups is 1. The van der Waals surface area contributed by atoms with Crippen molar-refractivity contribution in [2.45, 2.75) is 20.0 Å². The van der Waals surface area contributed by atoms with Crippen molar-refractivity contribution in [3.05, 3.63) is 84.8 Å². The number of benzene rings is 2. The average molecular weight is 558 g/mol. The Morgan fingerprint density at radius 1 is 0.975 bits per heavy atom. The molecule has 3 aromatic heterocycles. The number of sulfone groups is 1. The maximum Gasteiger partial charge on any atom is 0.323 e. The van der Waals surface area contributed by atoms with E-state index in [4.69, 9.17) is 5.10 Å². The normalized spacial score (nSPS) is 11.6. The minimum atomic E-state index is -3.02. The van der Waals surface area contributed by atoms with Crippen molar-refractivity contribution in [2.24, 2.45) is 0 Å². The number of aromatic amines is 1. The zero-order chi connectivity index (χ0) is 28.1. The number of carbonyl (C=O) groups excluding carboxylic acids is 1. The van der Waals surface area contributed by atoms with Crippen molar-refractivity contribution in [3.63, 3.8) is 0 Å². The van der Waals surface area contributed by atoms with Crippen LogP contribution in [0.1, 0.15) is 12.6 Å². The van der Waals surface area contributed by atoms with Crippen molar-refractivity contribution >= 4 is 38.3 Å². The summed E-state index contributed by atoms with van der Waals surface area (Å²) in [5.74, 6) is 0.0856. The van der Waals surface area contributed by atoms with E-state index in [2.05, 4.69) is 25.9 Å². The quantitative estimate of drug-likeness (QED) is 0.181. The van der Waals surface area contributed by atoms with Crippen molar-refractivity contribution in [1.82, 2.24) is 25.1 Å². The minimum absolute atomic E-state index is 0.0856. The van der Waals surface area contributed by atoms with Gasteiger partial charge in [0, 0.05) is 71.9 Å². The van der Waals surface area contributed by atoms with Crippen LogP contribution in [0.3, 0.4) is 0 Å². The molecule has 0 spiro atoms. The van der Waals surface area contributed by atoms with E-state index in [1.807, 2.05) is 84.5 Å². The van der Waals surface area contributed by atoms with Gasteiger partial charge in [0.2, 0.25) is 0 Å². The first-order chi connectivity index (χ1) is 19.3. The number of hydrogen-bond donors (Lipinski definition) is 4. The Morgan fingerprint density at radius 3 is 2.40 bits per heavy atom. The molecule has 0 saturated carbocycles. The van der Waals surface area contributed by atoms with E-state index in [-0.39, 0.29) is 11.8 Å². The third-order valence-electron chi connectivity index (χ3n) is 6.38. The molecule has 0 bridgehead atoms. The minimum Gasteiger partial charge on any atom is -0.342 e. The maximum absolute atomic E-state index is 12.4. The maximum atomic E-state index is 12.4. The Morgan fingerprint density at radius 2 is 1.70 bits per heavy atom. The Bertz CT molecular complexity index is 1730. The summed E-state index contributed by atoms with van der Waals surface area (Å²) in [6, 6.07) is 20.6. The van der Waals surface area contributed by atoms with Gasteiger partial charge in [0.25, 0.3) is 0 Å². The second kappa shape index (κ2) is 11.7. The second-order valence-electron chi connectivity index (χ2n) is 9.49. The monoisotopic (exact) mass is 557 g/mol. The largest absolute Gasteiger partial charge is 0.342 e. The highest BCUT2D eigenvalue weighted by molar-refractivity contribution is 7.90. The zero-order valence-electron chi connectivity index (χ0n) is 22.3. The van der Waals surface area contributed by atoms with Gasteiger partial charge in [-0.3, -0.25) is 4.68 Å². The number of carbonyl (C=O) groups is 1. The van der Waals surface area contributed by atoms with Gasteiger partial charge in [-0.25, -0.2) is 18.2 Å². The Balaban J connectivity index is 1.37. The van der Waals surface area contributed by atoms with Gasteiger partial charge >= 0.3 is 6.03 Å². The van der Waals surface area contributed by atoms with Crippen LogP contribution in [-0.4, -0.2) is 52.8 Å². The van der Waals surface area contributed by atoms with Crippen molar-refractivity contribution in [3.8, 4) is 22.4 Å². The lowest BCUT2D eigenvalue weighted by atomic mass is 10.00. The lowest BCUT2D eigenvalue weighted by molar-refractivity contribution is 0.262. The Labute approximate surface area is 232 Å². The molecule has 0 fully saturated rings. The van der Waals surface area contributed by atoms with E-state index in [0.717, 1.165) is 39.1 Å². The predicted molar refractivity (Wildman–Crippen MR) is 159 cm³/mol. The van der Waals surface area contributed by atoms with E-state index < -0.39 is 9.84 Å². The number of rotatable bonds is 10. The van der Waals surface area contributed by atoms with Gasteiger partial charge in [-0.05, 0) is 48.9 Å². The average Bonchev–Trinajstić information content (AvgIpc) is 3.56. The molecule has 0 radical (unpaired) electrons. The van der Waals surface area contributed by atoms with Crippen LogP contribution < -0.4 is 16.0 Å². The molecule has 2 aromatic carbocycles. The van der Waals surface area contributed by atoms with Gasteiger partial charge in [0.15, 0.2) is 0 Å². The van der Waals surface area contributed by atoms with E-state index in [1.54, 1.807) is 6.20 Å². The molecule has 206 valence electrons. The highest BCUT2D eigenvalue weighted by Gasteiger charge is 2.17. The molecular weight excluding hydrogens is 526 g/mol. The van der Waals surface area contributed by atoms with Crippen LogP contribution in [0.2, 0.25) is 0 Å². The molecule has 2 amide bonds. The van der Waals surface area contributed by atoms with Crippen LogP contribution in [0.5, 0.6) is 0 Å². The number of H-pyrrole nitrogens is 1. The van der Waals surface area contributed by atoms with Crippen LogP contribution in [0.25, 0.3) is 33.4 Å². The number of anilines is 2. The molecular formula is C29H31N7O3S. The number of nitrogens with zero attached hydrogens (tertiary/aromatic N) is 3. The third-order valence-corrected chi connectivity index (χ3v) is 7.32. The van der Waals surface area contributed by atoms with Crippen LogP contribution >= 0.6 is 0 Å². The summed E-state index contributed by atoms with van der Waals surface area (Å²) in [7, 11) is -3.02. The van der Waals surface area contributed by atoms with Gasteiger partial charge in [-0.1, -0.05) is 30.3 Å². The highest BCUT2D eigenvalue weighted by Crippen LogP contribution is 2.35. The summed E-state index contributed by atoms with van der Waals surface area (Å²) in [6.07, 6.45) is 5.02. The summed E-state index contributed by atoms with van der Waals surface area (Å²) < 4.78 is 24.7. The van der Waals surface area contributed by atoms with Crippen molar-refractivity contribution in [1.29, 1.82) is 0 Å². The van der Waals surface area contributed by atoms with Crippen LogP contribution in [0, 0.1) is 0 Å². The summed E-state index contributed by atoms with van der Waals surface area (Å²) in [6.45, 7) is 3.63. The Kier molecular flexibility index (Phi) is 7.94. The number of amides is 2. The molecule has 5 rings (SSSR count). The number of fused-ring (bicyclic) bond motifs is 1. The number of aryl methyl sites for hydroxylation is 1. The summed E-state index contributed by atoms with van der Waals surface area (Å²) in [4.78, 5) is 20.2. The zero-order valence-corrected chi connectivity index (χ0v) is 23.1. The van der Waals surface area contributed by atoms with Gasteiger partial charge in [-0.2, -0.15) is 5.10 Å². The molecule has 0 aliphatic rings. The first-order valence-electron chi connectivity index (χ1n) is 13.0. The lowest BCUT2D eigenvalue weighted by Crippen LogP contribution is -2.22. The van der Waals surface area contributed by atoms with Crippen LogP contribution in [0.15, 0.2) is 79.1 Å². The number of para-hydroxylation sites is 1. The van der Waals surface area contributed by atoms with Crippen LogP contribution in [-0.2, 0) is 22.9 Å². The second-order valence-corrected chi connectivity index (χ2v) is 11.8. The van der Waals surface area contributed by atoms with Gasteiger partial charge in [0.1, 0.15) is 21.2 Å². The molecule has 3 heterocycles. The predicted octanol–water partition coefficient (Wildman–Crippen LogP) is 4.89. The molecule has 4 N–H and O–H groups in total. The molecule has 0 atom stereocenters. The smallest absolute Gasteiger partial charge is 0.323 e. The fourth-order valence-electron chi connectivity index (χ4n) is 4.41. The van der Waals surface area contributed by atoms with Crippen LogP contribution in [0.4, 0.5) is 16.2 Å². The molecule has 10 nitrogen and oxygen atoms in total. The van der Waals surface area contributed by atoms with Crippen molar-refractivity contribution in [2.75, 3.05) is 29.2 Å². The summed E-state index contributed by atoms with van der Waals surface area (Å²) in [5, 5.41) is 14.6. The number of pyridine rings is 1. The topological polar surface area (TPSA) is 134 Å². The molecule has 0 unspecified atom stereocenters. The Hall–Kier alpha value is -4.48. The highest BCUT2D eigenvalue weighted by atomic mass is 32.2. The molecule has 11 heteroatoms. The first kappa shape index (κ1) is 27.1. The van der Waals surface area contributed by atoms with E-state index in [0.29, 0.717) is 31.0 Å². The lowest BCUT2D eigenvalue weighted by Gasteiger charge is -2.09. The summed E-state index contributed by atoms with van der Waals surface area (Å²) >= 11 is 0. The third kappa shape index (κ3) is 6.56. The molecule has 0 saturated heterocycles. The van der Waals surface area contributed by atoms with Gasteiger partial charge in [-0.15, -0.1) is 0 Å². The van der Waals surface area contributed by atoms with E-state index in [9.17, 15) is 13.2 Å². The molecule has 5 aromatic rings.